The minimum absolute atomic E-state index is 0.00377. The molecule has 2 heterocycles. The van der Waals surface area contributed by atoms with E-state index in [4.69, 9.17) is 4.74 Å². The maximum atomic E-state index is 12.2. The van der Waals surface area contributed by atoms with Gasteiger partial charge in [-0.25, -0.2) is 4.98 Å². The fourth-order valence-corrected chi connectivity index (χ4v) is 5.31. The Morgan fingerprint density at radius 2 is 2.11 bits per heavy atom. The second-order valence-corrected chi connectivity index (χ2v) is 9.52. The van der Waals surface area contributed by atoms with Crippen molar-refractivity contribution in [3.63, 3.8) is 0 Å². The van der Waals surface area contributed by atoms with Crippen molar-refractivity contribution in [2.45, 2.75) is 43.9 Å². The number of rotatable bonds is 7. The van der Waals surface area contributed by atoms with E-state index < -0.39 is 0 Å². The highest BCUT2D eigenvalue weighted by Crippen LogP contribution is 2.27. The third kappa shape index (κ3) is 6.57. The zero-order chi connectivity index (χ0) is 19.2. The van der Waals surface area contributed by atoms with Gasteiger partial charge in [0.05, 0.1) is 17.9 Å². The summed E-state index contributed by atoms with van der Waals surface area (Å²) in [6.07, 6.45) is 0.946. The van der Waals surface area contributed by atoms with Gasteiger partial charge in [0.2, 0.25) is 5.91 Å². The van der Waals surface area contributed by atoms with Gasteiger partial charge in [0, 0.05) is 46.6 Å². The van der Waals surface area contributed by atoms with Gasteiger partial charge in [-0.3, -0.25) is 9.69 Å². The molecule has 1 aliphatic heterocycles. The lowest BCUT2D eigenvalue weighted by molar-refractivity contribution is -0.115. The molecule has 5 nitrogen and oxygen atoms in total. The van der Waals surface area contributed by atoms with Gasteiger partial charge in [0.1, 0.15) is 0 Å². The van der Waals surface area contributed by atoms with Crippen LogP contribution in [0.3, 0.4) is 0 Å². The second-order valence-electron chi connectivity index (χ2n) is 6.67. The van der Waals surface area contributed by atoms with E-state index in [0.717, 1.165) is 40.4 Å². The zero-order valence-electron chi connectivity index (χ0n) is 15.5. The van der Waals surface area contributed by atoms with Crippen LogP contribution in [0.25, 0.3) is 0 Å². The lowest BCUT2D eigenvalue weighted by Gasteiger charge is -2.34. The first-order valence-electron chi connectivity index (χ1n) is 8.99. The molecule has 1 saturated heterocycles. The molecule has 1 aromatic carbocycles. The number of aromatic nitrogens is 1. The van der Waals surface area contributed by atoms with Crippen molar-refractivity contribution in [3.05, 3.63) is 39.8 Å². The Labute approximate surface area is 177 Å². The molecule has 1 fully saturated rings. The molecule has 1 aromatic heterocycles. The molecule has 1 N–H and O–H groups in total. The van der Waals surface area contributed by atoms with E-state index in [1.165, 1.54) is 11.3 Å². The van der Waals surface area contributed by atoms with E-state index in [1.54, 1.807) is 11.8 Å². The predicted octanol–water partition coefficient (Wildman–Crippen LogP) is 4.64. The summed E-state index contributed by atoms with van der Waals surface area (Å²) < 4.78 is 6.83. The van der Waals surface area contributed by atoms with Gasteiger partial charge in [-0.2, -0.15) is 0 Å². The number of nitrogens with zero attached hydrogens (tertiary/aromatic N) is 2. The maximum Gasteiger partial charge on any atom is 0.226 e. The Balaban J connectivity index is 1.43. The molecule has 2 atom stereocenters. The van der Waals surface area contributed by atoms with Crippen molar-refractivity contribution in [1.29, 1.82) is 0 Å². The number of anilines is 1. The van der Waals surface area contributed by atoms with Crippen LogP contribution in [0.4, 0.5) is 5.13 Å². The molecule has 3 rings (SSSR count). The molecule has 2 unspecified atom stereocenters. The molecule has 0 saturated carbocycles. The Kier molecular flexibility index (Phi) is 7.72. The number of benzene rings is 1. The summed E-state index contributed by atoms with van der Waals surface area (Å²) in [4.78, 5) is 20.2. The van der Waals surface area contributed by atoms with Crippen LogP contribution in [0.1, 0.15) is 26.0 Å². The Morgan fingerprint density at radius 1 is 1.37 bits per heavy atom. The van der Waals surface area contributed by atoms with Gasteiger partial charge in [0.15, 0.2) is 5.13 Å². The third-order valence-corrected chi connectivity index (χ3v) is 6.94. The van der Waals surface area contributed by atoms with Crippen LogP contribution >= 0.6 is 39.0 Å². The second kappa shape index (κ2) is 10.0. The molecular formula is C19H24BrN3O2S2. The van der Waals surface area contributed by atoms with Crippen molar-refractivity contribution in [2.24, 2.45) is 0 Å². The number of ether oxygens (including phenoxy) is 1. The molecule has 2 aromatic rings. The summed E-state index contributed by atoms with van der Waals surface area (Å²) in [5.74, 6) is 0.736. The monoisotopic (exact) mass is 469 g/mol. The van der Waals surface area contributed by atoms with Gasteiger partial charge in [-0.15, -0.1) is 23.1 Å². The molecule has 27 heavy (non-hydrogen) atoms. The highest BCUT2D eigenvalue weighted by molar-refractivity contribution is 9.10. The lowest BCUT2D eigenvalue weighted by Crippen LogP contribution is -2.44. The van der Waals surface area contributed by atoms with Gasteiger partial charge in [-0.05, 0) is 41.9 Å². The van der Waals surface area contributed by atoms with Crippen LogP contribution in [0.15, 0.2) is 39.0 Å². The average Bonchev–Trinajstić information content (AvgIpc) is 3.02. The number of nitrogens with one attached hydrogen (secondary N) is 1. The zero-order valence-corrected chi connectivity index (χ0v) is 18.7. The summed E-state index contributed by atoms with van der Waals surface area (Å²) in [6.45, 7) is 6.82. The summed E-state index contributed by atoms with van der Waals surface area (Å²) in [5.41, 5.74) is 0.999. The van der Waals surface area contributed by atoms with Crippen LogP contribution in [0.5, 0.6) is 0 Å². The van der Waals surface area contributed by atoms with E-state index >= 15 is 0 Å². The van der Waals surface area contributed by atoms with Crippen LogP contribution in [0.2, 0.25) is 0 Å². The topological polar surface area (TPSA) is 54.5 Å². The van der Waals surface area contributed by atoms with Gasteiger partial charge >= 0.3 is 0 Å². The SMILES string of the molecule is CC1CN(Cc2csc(NC(=O)CCSc3ccccc3Br)n2)CC(C)O1. The molecule has 0 radical (unpaired) electrons. The summed E-state index contributed by atoms with van der Waals surface area (Å²) in [7, 11) is 0. The minimum atomic E-state index is 0.00377. The smallest absolute Gasteiger partial charge is 0.226 e. The number of carbonyl (C=O) groups is 1. The minimum Gasteiger partial charge on any atom is -0.373 e. The predicted molar refractivity (Wildman–Crippen MR) is 116 cm³/mol. The van der Waals surface area contributed by atoms with E-state index in [-0.39, 0.29) is 18.1 Å². The van der Waals surface area contributed by atoms with Crippen molar-refractivity contribution in [2.75, 3.05) is 24.2 Å². The first-order valence-corrected chi connectivity index (χ1v) is 11.6. The number of hydrogen-bond donors (Lipinski definition) is 1. The van der Waals surface area contributed by atoms with Crippen molar-refractivity contribution >= 4 is 50.1 Å². The Hall–Kier alpha value is -0.930. The van der Waals surface area contributed by atoms with Crippen LogP contribution in [-0.4, -0.2) is 46.8 Å². The number of thiazole rings is 1. The third-order valence-electron chi connectivity index (χ3n) is 4.10. The molecule has 146 valence electrons. The van der Waals surface area contributed by atoms with Gasteiger partial charge in [-0.1, -0.05) is 12.1 Å². The molecule has 0 aliphatic carbocycles. The highest BCUT2D eigenvalue weighted by atomic mass is 79.9. The largest absolute Gasteiger partial charge is 0.373 e. The van der Waals surface area contributed by atoms with E-state index in [9.17, 15) is 4.79 Å². The molecule has 8 heteroatoms. The Bertz CT molecular complexity index is 761. The van der Waals surface area contributed by atoms with E-state index in [0.29, 0.717) is 11.6 Å². The van der Waals surface area contributed by atoms with Gasteiger partial charge < -0.3 is 10.1 Å². The number of carbonyl (C=O) groups excluding carboxylic acids is 1. The molecule has 0 spiro atoms. The van der Waals surface area contributed by atoms with Crippen molar-refractivity contribution in [3.8, 4) is 0 Å². The molecular weight excluding hydrogens is 446 g/mol. The summed E-state index contributed by atoms with van der Waals surface area (Å²) in [5, 5.41) is 5.62. The average molecular weight is 470 g/mol. The fourth-order valence-electron chi connectivity index (χ4n) is 3.08. The quantitative estimate of drug-likeness (QED) is 0.598. The Morgan fingerprint density at radius 3 is 2.85 bits per heavy atom. The van der Waals surface area contributed by atoms with Crippen LogP contribution in [0, 0.1) is 0 Å². The number of amides is 1. The maximum absolute atomic E-state index is 12.2. The molecule has 1 amide bonds. The number of halogens is 1. The first-order chi connectivity index (χ1) is 13.0. The summed E-state index contributed by atoms with van der Waals surface area (Å²) in [6, 6.07) is 8.04. The first kappa shape index (κ1) is 20.8. The molecule has 1 aliphatic rings. The van der Waals surface area contributed by atoms with Crippen LogP contribution in [-0.2, 0) is 16.1 Å². The molecule has 0 bridgehead atoms. The van der Waals surface area contributed by atoms with Crippen molar-refractivity contribution in [1.82, 2.24) is 9.88 Å². The fraction of sp³-hybridized carbons (Fsp3) is 0.474. The highest BCUT2D eigenvalue weighted by Gasteiger charge is 2.22. The number of hydrogen-bond acceptors (Lipinski definition) is 6. The van der Waals surface area contributed by atoms with Crippen LogP contribution < -0.4 is 5.32 Å². The number of thioether (sulfide) groups is 1. The number of morpholine rings is 1. The van der Waals surface area contributed by atoms with Gasteiger partial charge in [0.25, 0.3) is 0 Å². The normalized spacial score (nSPS) is 20.6. The van der Waals surface area contributed by atoms with E-state index in [2.05, 4.69) is 45.0 Å². The summed E-state index contributed by atoms with van der Waals surface area (Å²) >= 11 is 6.68. The standard InChI is InChI=1S/C19H24BrN3O2S2/c1-13-9-23(10-14(2)25-13)11-15-12-27-19(21-15)22-18(24)7-8-26-17-6-4-3-5-16(17)20/h3-6,12-14H,7-11H2,1-2H3,(H,21,22,24). The van der Waals surface area contributed by atoms with Crippen molar-refractivity contribution < 1.29 is 9.53 Å². The lowest BCUT2D eigenvalue weighted by atomic mass is 10.2. The van der Waals surface area contributed by atoms with E-state index in [1.807, 2.05) is 29.6 Å².